The van der Waals surface area contributed by atoms with Crippen LogP contribution in [0.3, 0.4) is 0 Å². The number of nitrogens with zero attached hydrogens (tertiary/aromatic N) is 1. The summed E-state index contributed by atoms with van der Waals surface area (Å²) in [5.41, 5.74) is 3.19. The molecule has 1 aliphatic heterocycles. The van der Waals surface area contributed by atoms with Gasteiger partial charge in [-0.1, -0.05) is 54.1 Å². The second-order valence-electron chi connectivity index (χ2n) is 8.54. The van der Waals surface area contributed by atoms with E-state index in [2.05, 4.69) is 5.32 Å². The van der Waals surface area contributed by atoms with Gasteiger partial charge in [-0.25, -0.2) is 9.69 Å². The monoisotopic (exact) mass is 538 g/mol. The van der Waals surface area contributed by atoms with Gasteiger partial charge in [0.05, 0.1) is 17.9 Å². The van der Waals surface area contributed by atoms with E-state index in [9.17, 15) is 14.4 Å². The van der Waals surface area contributed by atoms with Crippen LogP contribution in [0, 0.1) is 0 Å². The van der Waals surface area contributed by atoms with Crippen LogP contribution < -0.4 is 19.7 Å². The Morgan fingerprint density at radius 2 is 1.38 bits per heavy atom. The van der Waals surface area contributed by atoms with Gasteiger partial charge >= 0.3 is 5.97 Å². The Bertz CT molecular complexity index is 1550. The van der Waals surface area contributed by atoms with Gasteiger partial charge < -0.3 is 14.8 Å². The molecule has 1 heterocycles. The SMILES string of the molecule is CCOc1ccc(N2C(=O)C(Cl)=C(Nc3ccc(C(=O)Oc4ccc(-c5ccccc5)cc4)cc3)C2=O)cc1. The number of halogens is 1. The minimum Gasteiger partial charge on any atom is -0.494 e. The number of anilines is 2. The number of benzene rings is 4. The third kappa shape index (κ3) is 5.54. The molecule has 0 aromatic heterocycles. The lowest BCUT2D eigenvalue weighted by Crippen LogP contribution is -2.32. The molecule has 0 saturated heterocycles. The predicted octanol–water partition coefficient (Wildman–Crippen LogP) is 6.41. The van der Waals surface area contributed by atoms with Crippen molar-refractivity contribution in [1.29, 1.82) is 0 Å². The van der Waals surface area contributed by atoms with Crippen LogP contribution in [-0.2, 0) is 9.59 Å². The molecule has 0 atom stereocenters. The quantitative estimate of drug-likeness (QED) is 0.159. The lowest BCUT2D eigenvalue weighted by Gasteiger charge is -2.15. The summed E-state index contributed by atoms with van der Waals surface area (Å²) in [4.78, 5) is 39.4. The van der Waals surface area contributed by atoms with Gasteiger partial charge in [0.1, 0.15) is 22.2 Å². The molecule has 0 saturated carbocycles. The number of nitrogens with one attached hydrogen (secondary N) is 1. The van der Waals surface area contributed by atoms with Crippen LogP contribution in [0.25, 0.3) is 11.1 Å². The molecule has 7 nitrogen and oxygen atoms in total. The van der Waals surface area contributed by atoms with Crippen LogP contribution in [0.15, 0.2) is 114 Å². The maximum Gasteiger partial charge on any atom is 0.343 e. The molecule has 1 aliphatic rings. The first-order valence-electron chi connectivity index (χ1n) is 12.2. The van der Waals surface area contributed by atoms with Crippen molar-refractivity contribution in [3.63, 3.8) is 0 Å². The molecule has 0 fully saturated rings. The highest BCUT2D eigenvalue weighted by atomic mass is 35.5. The smallest absolute Gasteiger partial charge is 0.343 e. The van der Waals surface area contributed by atoms with Crippen molar-refractivity contribution in [3.05, 3.63) is 119 Å². The number of imide groups is 1. The minimum absolute atomic E-state index is 0.0515. The number of hydrogen-bond donors (Lipinski definition) is 1. The summed E-state index contributed by atoms with van der Waals surface area (Å²) in [7, 11) is 0. The Hall–Kier alpha value is -4.88. The lowest BCUT2D eigenvalue weighted by atomic mass is 10.1. The zero-order valence-electron chi connectivity index (χ0n) is 20.9. The Kier molecular flexibility index (Phi) is 7.43. The molecule has 0 spiro atoms. The summed E-state index contributed by atoms with van der Waals surface area (Å²) < 4.78 is 10.9. The van der Waals surface area contributed by atoms with E-state index in [-0.39, 0.29) is 10.7 Å². The van der Waals surface area contributed by atoms with E-state index < -0.39 is 17.8 Å². The number of carbonyl (C=O) groups excluding carboxylic acids is 3. The fourth-order valence-corrected chi connectivity index (χ4v) is 4.26. The molecule has 194 valence electrons. The lowest BCUT2D eigenvalue weighted by molar-refractivity contribution is -0.120. The maximum atomic E-state index is 13.0. The van der Waals surface area contributed by atoms with Crippen molar-refractivity contribution in [2.24, 2.45) is 0 Å². The third-order valence-electron chi connectivity index (χ3n) is 6.00. The summed E-state index contributed by atoms with van der Waals surface area (Å²) in [6.07, 6.45) is 0. The van der Waals surface area contributed by atoms with Gasteiger partial charge in [0, 0.05) is 5.69 Å². The number of rotatable bonds is 8. The highest BCUT2D eigenvalue weighted by molar-refractivity contribution is 6.53. The summed E-state index contributed by atoms with van der Waals surface area (Å²) in [5, 5.41) is 2.67. The summed E-state index contributed by atoms with van der Waals surface area (Å²) in [6, 6.07) is 30.0. The molecule has 0 bridgehead atoms. The van der Waals surface area contributed by atoms with Gasteiger partial charge in [0.15, 0.2) is 0 Å². The van der Waals surface area contributed by atoms with E-state index in [1.165, 1.54) is 0 Å². The second kappa shape index (κ2) is 11.2. The van der Waals surface area contributed by atoms with Crippen LogP contribution in [0.1, 0.15) is 17.3 Å². The summed E-state index contributed by atoms with van der Waals surface area (Å²) >= 11 is 6.23. The molecule has 2 amide bonds. The van der Waals surface area contributed by atoms with Gasteiger partial charge in [-0.15, -0.1) is 0 Å². The molecule has 8 heteroatoms. The number of ether oxygens (including phenoxy) is 2. The first-order chi connectivity index (χ1) is 18.9. The van der Waals surface area contributed by atoms with Crippen LogP contribution in [0.4, 0.5) is 11.4 Å². The van der Waals surface area contributed by atoms with Crippen molar-refractivity contribution in [2.45, 2.75) is 6.92 Å². The van der Waals surface area contributed by atoms with Gasteiger partial charge in [-0.3, -0.25) is 9.59 Å². The van der Waals surface area contributed by atoms with Crippen LogP contribution in [0.2, 0.25) is 0 Å². The van der Waals surface area contributed by atoms with Crippen molar-refractivity contribution >= 4 is 40.8 Å². The highest BCUT2D eigenvalue weighted by Crippen LogP contribution is 2.31. The number of carbonyl (C=O) groups is 3. The van der Waals surface area contributed by atoms with Crippen LogP contribution >= 0.6 is 11.6 Å². The van der Waals surface area contributed by atoms with Gasteiger partial charge in [0.25, 0.3) is 11.8 Å². The summed E-state index contributed by atoms with van der Waals surface area (Å²) in [5.74, 6) is -0.702. The van der Waals surface area contributed by atoms with Crippen molar-refractivity contribution in [2.75, 3.05) is 16.8 Å². The minimum atomic E-state index is -0.633. The normalized spacial score (nSPS) is 13.0. The number of hydrogen-bond acceptors (Lipinski definition) is 6. The summed E-state index contributed by atoms with van der Waals surface area (Å²) in [6.45, 7) is 2.37. The van der Waals surface area contributed by atoms with E-state index >= 15 is 0 Å². The van der Waals surface area contributed by atoms with Gasteiger partial charge in [0.2, 0.25) is 0 Å². The molecule has 1 N–H and O–H groups in total. The topological polar surface area (TPSA) is 84.9 Å². The van der Waals surface area contributed by atoms with E-state index in [0.29, 0.717) is 35.0 Å². The molecule has 0 aliphatic carbocycles. The molecular formula is C31H23ClN2O5. The molecule has 0 radical (unpaired) electrons. The average Bonchev–Trinajstić information content (AvgIpc) is 3.18. The standard InChI is InChI=1S/C31H23ClN2O5/c1-2-38-25-18-14-24(15-19-25)34-29(35)27(32)28(30(34)36)33-23-12-8-22(9-13-23)31(37)39-26-16-10-21(11-17-26)20-6-4-3-5-7-20/h3-19,33H,2H2,1H3. The third-order valence-corrected chi connectivity index (χ3v) is 6.35. The molecular weight excluding hydrogens is 516 g/mol. The van der Waals surface area contributed by atoms with Crippen molar-refractivity contribution in [1.82, 2.24) is 0 Å². The van der Waals surface area contributed by atoms with Crippen LogP contribution in [-0.4, -0.2) is 24.4 Å². The van der Waals surface area contributed by atoms with Crippen LogP contribution in [0.5, 0.6) is 11.5 Å². The maximum absolute atomic E-state index is 13.0. The van der Waals surface area contributed by atoms with Gasteiger partial charge in [-0.05, 0) is 78.7 Å². The fourth-order valence-electron chi connectivity index (χ4n) is 4.05. The number of esters is 1. The Morgan fingerprint density at radius 3 is 2.03 bits per heavy atom. The highest BCUT2D eigenvalue weighted by Gasteiger charge is 2.39. The number of amides is 2. The second-order valence-corrected chi connectivity index (χ2v) is 8.92. The molecule has 4 aromatic rings. The van der Waals surface area contributed by atoms with E-state index in [0.717, 1.165) is 16.0 Å². The molecule has 39 heavy (non-hydrogen) atoms. The largest absolute Gasteiger partial charge is 0.494 e. The zero-order chi connectivity index (χ0) is 27.4. The Morgan fingerprint density at radius 1 is 0.769 bits per heavy atom. The van der Waals surface area contributed by atoms with Crippen molar-refractivity contribution < 1.29 is 23.9 Å². The average molecular weight is 539 g/mol. The van der Waals surface area contributed by atoms with E-state index in [1.54, 1.807) is 60.7 Å². The first kappa shape index (κ1) is 25.8. The van der Waals surface area contributed by atoms with Crippen molar-refractivity contribution in [3.8, 4) is 22.6 Å². The predicted molar refractivity (Wildman–Crippen MR) is 150 cm³/mol. The molecule has 4 aromatic carbocycles. The van der Waals surface area contributed by atoms with E-state index in [4.69, 9.17) is 21.1 Å². The van der Waals surface area contributed by atoms with Gasteiger partial charge in [-0.2, -0.15) is 0 Å². The molecule has 5 rings (SSSR count). The molecule has 0 unspecified atom stereocenters. The fraction of sp³-hybridized carbons (Fsp3) is 0.0645. The van der Waals surface area contributed by atoms with E-state index in [1.807, 2.05) is 49.4 Å². The first-order valence-corrected chi connectivity index (χ1v) is 12.6. The Labute approximate surface area is 230 Å². The Balaban J connectivity index is 1.23. The zero-order valence-corrected chi connectivity index (χ0v) is 21.6.